The molecule has 9 nitrogen and oxygen atoms in total. The van der Waals surface area contributed by atoms with Crippen LogP contribution in [-0.2, 0) is 14.3 Å². The largest absolute Gasteiger partial charge is 0.455 e. The van der Waals surface area contributed by atoms with E-state index < -0.39 is 70.2 Å². The Hall–Kier alpha value is 0.743. The maximum atomic E-state index is 13.5. The van der Waals surface area contributed by atoms with Crippen LogP contribution in [0.5, 0.6) is 0 Å². The Labute approximate surface area is 300 Å². The fraction of sp³-hybridized carbons (Fsp3) is 0.643. The monoisotopic (exact) mass is 972 g/mol. The molecule has 0 spiro atoms. The molecule has 4 rings (SSSR count). The number of Topliss-reactive ketones (excluding diaryl/α,β-unsaturated/α-hetero) is 1. The number of aliphatic hydroxyl groups excluding tert-OH is 3. The summed E-state index contributed by atoms with van der Waals surface area (Å²) in [5.41, 5.74) is -5.84. The average molecular weight is 973 g/mol. The molecule has 0 bridgehead atoms. The molecule has 0 amide bonds. The molecule has 2 fully saturated rings. The van der Waals surface area contributed by atoms with Crippen LogP contribution in [0, 0.1) is 105 Å². The van der Waals surface area contributed by atoms with Gasteiger partial charge in [0.25, 0.3) is 0 Å². The van der Waals surface area contributed by atoms with Crippen LogP contribution in [0.4, 0.5) is 0 Å². The summed E-state index contributed by atoms with van der Waals surface area (Å²) in [6, 6.07) is 8.10. The van der Waals surface area contributed by atoms with Crippen LogP contribution in [0.1, 0.15) is 57.8 Å². The van der Waals surface area contributed by atoms with Crippen molar-refractivity contribution in [2.75, 3.05) is 6.61 Å². The van der Waals surface area contributed by atoms with Gasteiger partial charge in [0.05, 0.1) is 35.9 Å². The Kier molecular flexibility index (Phi) is 11.8. The fourth-order valence-electron chi connectivity index (χ4n) is 6.64. The van der Waals surface area contributed by atoms with Gasteiger partial charge in [0, 0.05) is 112 Å². The number of carbonyl (C=O) groups is 2. The summed E-state index contributed by atoms with van der Waals surface area (Å²) in [4.78, 5) is 27.0. The summed E-state index contributed by atoms with van der Waals surface area (Å²) in [5.74, 6) is -2.93. The molecule has 1 saturated heterocycles. The molecule has 1 aromatic rings. The maximum absolute atomic E-state index is 13.5. The second kappa shape index (κ2) is 12.8. The summed E-state index contributed by atoms with van der Waals surface area (Å²) in [6.07, 6.45) is -5.04. The van der Waals surface area contributed by atoms with E-state index in [1.165, 1.54) is 26.0 Å². The Balaban J connectivity index is 0.00000267. The van der Waals surface area contributed by atoms with Gasteiger partial charge in [-0.3, -0.25) is 4.79 Å². The van der Waals surface area contributed by atoms with Crippen molar-refractivity contribution in [1.82, 2.24) is 0 Å². The van der Waals surface area contributed by atoms with Gasteiger partial charge in [-0.1, -0.05) is 38.1 Å². The van der Waals surface area contributed by atoms with Crippen LogP contribution in [0.15, 0.2) is 42.0 Å². The van der Waals surface area contributed by atoms with Gasteiger partial charge >= 0.3 is 5.97 Å². The van der Waals surface area contributed by atoms with E-state index in [4.69, 9.17) is 9.47 Å². The number of ketones is 1. The number of rotatable bonds is 6. The normalized spacial score (nSPS) is 38.4. The summed E-state index contributed by atoms with van der Waals surface area (Å²) < 4.78 is 11.6. The van der Waals surface area contributed by atoms with Crippen molar-refractivity contribution < 1.29 is 133 Å². The van der Waals surface area contributed by atoms with E-state index in [2.05, 4.69) is 0 Å². The number of ether oxygens (including phenoxy) is 2. The van der Waals surface area contributed by atoms with E-state index in [-0.39, 0.29) is 113 Å². The summed E-state index contributed by atoms with van der Waals surface area (Å²) >= 11 is 0. The number of hydrogen-bond acceptors (Lipinski definition) is 9. The average Bonchev–Trinajstić information content (AvgIpc) is 2.83. The van der Waals surface area contributed by atoms with Crippen molar-refractivity contribution >= 4 is 11.8 Å². The Morgan fingerprint density at radius 1 is 1.08 bits per heavy atom. The minimum atomic E-state index is -1.98. The first-order valence-corrected chi connectivity index (χ1v) is 12.7. The van der Waals surface area contributed by atoms with Crippen LogP contribution >= 0.6 is 0 Å². The first-order valence-electron chi connectivity index (χ1n) is 12.7. The van der Waals surface area contributed by atoms with Gasteiger partial charge in [0.2, 0.25) is 0 Å². The Morgan fingerprint density at radius 2 is 1.67 bits per heavy atom. The number of esters is 1. The third-order valence-electron chi connectivity index (χ3n) is 9.05. The minimum absolute atomic E-state index is 0. The SMILES string of the molecule is CC1=CC(C)(C)C(O)(C(OC(=O)c2ccccc2)C2C3(O)COC3CC(O)[C@@]2(C)C(=O)C(C)O)CC1O.[Ac].[Ac]. The number of fused-ring (bicyclic) bond motifs is 1. The van der Waals surface area contributed by atoms with Crippen molar-refractivity contribution in [1.29, 1.82) is 0 Å². The summed E-state index contributed by atoms with van der Waals surface area (Å²) in [5, 5.41) is 56.7. The Bertz CT molecular complexity index is 1090. The van der Waals surface area contributed by atoms with Crippen LogP contribution < -0.4 is 0 Å². The van der Waals surface area contributed by atoms with E-state index in [1.54, 1.807) is 45.0 Å². The molecule has 11 heteroatoms. The number of hydrogen-bond donors (Lipinski definition) is 5. The van der Waals surface area contributed by atoms with E-state index in [9.17, 15) is 35.1 Å². The molecule has 0 aromatic heterocycles. The predicted molar refractivity (Wildman–Crippen MR) is 132 cm³/mol. The molecule has 1 heterocycles. The zero-order chi connectivity index (χ0) is 27.6. The second-order valence-corrected chi connectivity index (χ2v) is 11.8. The van der Waals surface area contributed by atoms with E-state index in [0.29, 0.717) is 5.57 Å². The third-order valence-corrected chi connectivity index (χ3v) is 9.05. The molecule has 9 atom stereocenters. The number of carbonyl (C=O) groups excluding carboxylic acids is 2. The minimum Gasteiger partial charge on any atom is -0.455 e. The van der Waals surface area contributed by atoms with E-state index in [1.807, 2.05) is 0 Å². The van der Waals surface area contributed by atoms with Crippen molar-refractivity contribution in [2.45, 2.75) is 89.2 Å². The molecule has 39 heavy (non-hydrogen) atoms. The van der Waals surface area contributed by atoms with E-state index in [0.717, 1.165) is 0 Å². The van der Waals surface area contributed by atoms with Crippen molar-refractivity contribution in [3.05, 3.63) is 47.5 Å². The van der Waals surface area contributed by atoms with Gasteiger partial charge in [0.15, 0.2) is 5.78 Å². The number of benzene rings is 1. The third kappa shape index (κ3) is 5.95. The van der Waals surface area contributed by atoms with Crippen LogP contribution in [-0.4, -0.2) is 85.6 Å². The first kappa shape index (κ1) is 35.9. The summed E-state index contributed by atoms with van der Waals surface area (Å²) in [7, 11) is 0. The molecule has 2 radical (unpaired) electrons. The second-order valence-electron chi connectivity index (χ2n) is 11.8. The zero-order valence-corrected chi connectivity index (χ0v) is 32.6. The topological polar surface area (TPSA) is 154 Å². The quantitative estimate of drug-likeness (QED) is 0.209. The molecule has 1 aliphatic heterocycles. The first-order chi connectivity index (χ1) is 17.1. The molecule has 3 aliphatic rings. The molecule has 2 aliphatic carbocycles. The van der Waals surface area contributed by atoms with Crippen molar-refractivity contribution in [3.63, 3.8) is 0 Å². The van der Waals surface area contributed by atoms with Gasteiger partial charge in [-0.25, -0.2) is 4.79 Å². The number of aliphatic hydroxyl groups is 5. The van der Waals surface area contributed by atoms with E-state index >= 15 is 0 Å². The maximum Gasteiger partial charge on any atom is 0.338 e. The van der Waals surface area contributed by atoms with Gasteiger partial charge in [-0.15, -0.1) is 0 Å². The molecule has 5 N–H and O–H groups in total. The molecule has 1 aromatic carbocycles. The van der Waals surface area contributed by atoms with Crippen molar-refractivity contribution in [3.8, 4) is 0 Å². The molecule has 1 saturated carbocycles. The zero-order valence-electron chi connectivity index (χ0n) is 23.1. The van der Waals surface area contributed by atoms with Crippen molar-refractivity contribution in [2.24, 2.45) is 16.7 Å². The molecular formula is C28H38Ac2O9. The van der Waals surface area contributed by atoms with Gasteiger partial charge < -0.3 is 35.0 Å². The van der Waals surface area contributed by atoms with Gasteiger partial charge in [-0.2, -0.15) is 0 Å². The van der Waals surface area contributed by atoms with Crippen LogP contribution in [0.2, 0.25) is 0 Å². The standard InChI is InChI=1S/C28H38O9.2Ac/c1-15-12-25(3,4)28(35,13-18(15)30)23(37-24(33)17-9-7-6-8-10-17)21-26(5,22(32)16(2)29)19(31)11-20-27(21,34)14-36-20;;/h6-10,12,16,18-21,23,29-31,34-35H,11,13-14H2,1-5H3;;/t16?,18?,19?,20?,21?,23?,26-,27?,28?;;/m1../s1. The summed E-state index contributed by atoms with van der Waals surface area (Å²) in [6.45, 7) is 7.64. The van der Waals surface area contributed by atoms with Gasteiger partial charge in [-0.05, 0) is 38.5 Å². The van der Waals surface area contributed by atoms with Crippen LogP contribution in [0.25, 0.3) is 0 Å². The fourth-order valence-corrected chi connectivity index (χ4v) is 6.64. The van der Waals surface area contributed by atoms with Gasteiger partial charge in [0.1, 0.15) is 23.4 Å². The predicted octanol–water partition coefficient (Wildman–Crippen LogP) is 1.15. The Morgan fingerprint density at radius 3 is 2.18 bits per heavy atom. The smallest absolute Gasteiger partial charge is 0.338 e. The van der Waals surface area contributed by atoms with Crippen LogP contribution in [0.3, 0.4) is 0 Å². The molecular weight excluding hydrogens is 934 g/mol. The molecule has 210 valence electrons. The molecule has 8 unspecified atom stereocenters.